The van der Waals surface area contributed by atoms with E-state index in [0.29, 0.717) is 5.56 Å². The normalized spacial score (nSPS) is 14.8. The van der Waals surface area contributed by atoms with Crippen LogP contribution >= 0.6 is 0 Å². The highest BCUT2D eigenvalue weighted by atomic mass is 32.2. The molecule has 0 spiro atoms. The fraction of sp³-hybridized carbons (Fsp3) is 0.375. The lowest BCUT2D eigenvalue weighted by atomic mass is 10.1. The molecule has 2 heterocycles. The first-order chi connectivity index (χ1) is 11.3. The summed E-state index contributed by atoms with van der Waals surface area (Å²) in [7, 11) is -2.34. The van der Waals surface area contributed by atoms with Crippen LogP contribution in [-0.4, -0.2) is 35.6 Å². The van der Waals surface area contributed by atoms with Crippen molar-refractivity contribution in [2.24, 2.45) is 0 Å². The molecule has 24 heavy (non-hydrogen) atoms. The third-order valence-electron chi connectivity index (χ3n) is 4.05. The maximum absolute atomic E-state index is 12.9. The summed E-state index contributed by atoms with van der Waals surface area (Å²) in [5.41, 5.74) is 2.13. The zero-order chi connectivity index (χ0) is 17.5. The molecule has 1 aliphatic heterocycles. The number of carbonyl (C=O) groups is 1. The van der Waals surface area contributed by atoms with E-state index >= 15 is 0 Å². The Bertz CT molecular complexity index is 886. The van der Waals surface area contributed by atoms with E-state index < -0.39 is 16.0 Å². The van der Waals surface area contributed by atoms with Crippen molar-refractivity contribution in [2.75, 3.05) is 7.11 Å². The van der Waals surface area contributed by atoms with Crippen LogP contribution in [-0.2, 0) is 27.8 Å². The van der Waals surface area contributed by atoms with Crippen molar-refractivity contribution < 1.29 is 17.9 Å². The van der Waals surface area contributed by atoms with Crippen LogP contribution in [0.4, 0.5) is 0 Å². The zero-order valence-corrected chi connectivity index (χ0v) is 14.6. The minimum absolute atomic E-state index is 0.0549. The molecule has 7 nitrogen and oxygen atoms in total. The number of aromatic nitrogens is 2. The van der Waals surface area contributed by atoms with Gasteiger partial charge in [0.2, 0.25) is 0 Å². The van der Waals surface area contributed by atoms with Gasteiger partial charge in [-0.1, -0.05) is 6.07 Å². The van der Waals surface area contributed by atoms with Crippen molar-refractivity contribution in [1.82, 2.24) is 14.1 Å². The number of rotatable bonds is 4. The molecule has 0 N–H and O–H groups in total. The fourth-order valence-electron chi connectivity index (χ4n) is 2.80. The van der Waals surface area contributed by atoms with Crippen LogP contribution in [0, 0.1) is 0 Å². The number of methoxy groups -OCH3 is 1. The molecule has 0 bridgehead atoms. The number of esters is 1. The van der Waals surface area contributed by atoms with Crippen LogP contribution in [0.15, 0.2) is 35.5 Å². The second kappa shape index (κ2) is 6.03. The number of nitrogens with zero attached hydrogens (tertiary/aromatic N) is 3. The van der Waals surface area contributed by atoms with Crippen LogP contribution < -0.4 is 0 Å². The highest BCUT2D eigenvalue weighted by Crippen LogP contribution is 2.30. The molecule has 0 fully saturated rings. The number of fused-ring (bicyclic) bond motifs is 1. The van der Waals surface area contributed by atoms with E-state index in [1.54, 1.807) is 18.2 Å². The Labute approximate surface area is 140 Å². The van der Waals surface area contributed by atoms with Gasteiger partial charge in [-0.25, -0.2) is 13.2 Å². The molecule has 0 unspecified atom stereocenters. The predicted molar refractivity (Wildman–Crippen MR) is 86.8 cm³/mol. The van der Waals surface area contributed by atoms with E-state index in [-0.39, 0.29) is 24.2 Å². The molecule has 8 heteroatoms. The SMILES string of the molecule is COC(=O)c1ccc2c(c1)CN(S(=O)(=O)c1ccnn1C(C)C)C2. The average Bonchev–Trinajstić information content (AvgIpc) is 3.20. The quantitative estimate of drug-likeness (QED) is 0.788. The smallest absolute Gasteiger partial charge is 0.337 e. The molecule has 1 aromatic heterocycles. The van der Waals surface area contributed by atoms with Crippen LogP contribution in [0.25, 0.3) is 0 Å². The molecule has 0 aliphatic carbocycles. The second-order valence-electron chi connectivity index (χ2n) is 5.96. The lowest BCUT2D eigenvalue weighted by Gasteiger charge is -2.18. The molecule has 0 saturated heterocycles. The number of carbonyl (C=O) groups excluding carboxylic acids is 1. The molecule has 2 aromatic rings. The van der Waals surface area contributed by atoms with E-state index in [1.165, 1.54) is 28.4 Å². The summed E-state index contributed by atoms with van der Waals surface area (Å²) in [4.78, 5) is 11.6. The lowest BCUT2D eigenvalue weighted by molar-refractivity contribution is 0.0600. The maximum atomic E-state index is 12.9. The summed E-state index contributed by atoms with van der Waals surface area (Å²) in [6.07, 6.45) is 1.49. The summed E-state index contributed by atoms with van der Waals surface area (Å²) >= 11 is 0. The standard InChI is InChI=1S/C16H19N3O4S/c1-11(2)19-15(6-7-17-19)24(21,22)18-9-13-5-4-12(16(20)23-3)8-14(13)10-18/h4-8,11H,9-10H2,1-3H3. The molecule has 128 valence electrons. The maximum Gasteiger partial charge on any atom is 0.337 e. The van der Waals surface area contributed by atoms with Crippen molar-refractivity contribution >= 4 is 16.0 Å². The first kappa shape index (κ1) is 16.7. The fourth-order valence-corrected chi connectivity index (χ4v) is 4.41. The second-order valence-corrected chi connectivity index (χ2v) is 7.84. The minimum Gasteiger partial charge on any atom is -0.465 e. The number of benzene rings is 1. The summed E-state index contributed by atoms with van der Waals surface area (Å²) in [6.45, 7) is 4.27. The monoisotopic (exact) mass is 349 g/mol. The van der Waals surface area contributed by atoms with Crippen LogP contribution in [0.3, 0.4) is 0 Å². The Morgan fingerprint density at radius 3 is 2.58 bits per heavy atom. The molecule has 0 saturated carbocycles. The van der Waals surface area contributed by atoms with E-state index in [9.17, 15) is 13.2 Å². The largest absolute Gasteiger partial charge is 0.465 e. The van der Waals surface area contributed by atoms with Gasteiger partial charge in [0.15, 0.2) is 5.03 Å². The van der Waals surface area contributed by atoms with Crippen molar-refractivity contribution in [1.29, 1.82) is 0 Å². The minimum atomic E-state index is -3.66. The van der Waals surface area contributed by atoms with Gasteiger partial charge in [-0.2, -0.15) is 9.40 Å². The van der Waals surface area contributed by atoms with Crippen molar-refractivity contribution in [3.05, 3.63) is 47.2 Å². The molecule has 0 radical (unpaired) electrons. The Balaban J connectivity index is 1.92. The van der Waals surface area contributed by atoms with Gasteiger partial charge in [-0.15, -0.1) is 0 Å². The third kappa shape index (κ3) is 2.71. The molecule has 0 atom stereocenters. The third-order valence-corrected chi connectivity index (χ3v) is 5.84. The van der Waals surface area contributed by atoms with Crippen LogP contribution in [0.5, 0.6) is 0 Å². The van der Waals surface area contributed by atoms with Gasteiger partial charge >= 0.3 is 5.97 Å². The topological polar surface area (TPSA) is 81.5 Å². The van der Waals surface area contributed by atoms with Gasteiger partial charge in [0.05, 0.1) is 18.9 Å². The Hall–Kier alpha value is -2.19. The number of ether oxygens (including phenoxy) is 1. The number of hydrogen-bond donors (Lipinski definition) is 0. The Morgan fingerprint density at radius 1 is 1.21 bits per heavy atom. The lowest BCUT2D eigenvalue weighted by Crippen LogP contribution is -2.28. The first-order valence-electron chi connectivity index (χ1n) is 7.58. The van der Waals surface area contributed by atoms with Gasteiger partial charge in [0.1, 0.15) is 0 Å². The predicted octanol–water partition coefficient (Wildman–Crippen LogP) is 1.96. The van der Waals surface area contributed by atoms with Crippen LogP contribution in [0.2, 0.25) is 0 Å². The highest BCUT2D eigenvalue weighted by Gasteiger charge is 2.33. The molecule has 3 rings (SSSR count). The molecular formula is C16H19N3O4S. The van der Waals surface area contributed by atoms with Gasteiger partial charge < -0.3 is 4.74 Å². The van der Waals surface area contributed by atoms with E-state index in [4.69, 9.17) is 4.74 Å². The van der Waals surface area contributed by atoms with Crippen molar-refractivity contribution in [3.63, 3.8) is 0 Å². The van der Waals surface area contributed by atoms with E-state index in [0.717, 1.165) is 11.1 Å². The van der Waals surface area contributed by atoms with Gasteiger partial charge in [0.25, 0.3) is 10.0 Å². The van der Waals surface area contributed by atoms with E-state index in [1.807, 2.05) is 13.8 Å². The Morgan fingerprint density at radius 2 is 1.92 bits per heavy atom. The molecular weight excluding hydrogens is 330 g/mol. The van der Waals surface area contributed by atoms with Gasteiger partial charge in [0, 0.05) is 19.1 Å². The molecule has 1 aromatic carbocycles. The van der Waals surface area contributed by atoms with E-state index in [2.05, 4.69) is 5.10 Å². The molecule has 1 aliphatic rings. The summed E-state index contributed by atoms with van der Waals surface area (Å²) in [5.74, 6) is -0.433. The first-order valence-corrected chi connectivity index (χ1v) is 9.02. The number of sulfonamides is 1. The van der Waals surface area contributed by atoms with Gasteiger partial charge in [-0.05, 0) is 43.2 Å². The van der Waals surface area contributed by atoms with Crippen LogP contribution in [0.1, 0.15) is 41.4 Å². The number of hydrogen-bond acceptors (Lipinski definition) is 5. The molecule has 0 amide bonds. The average molecular weight is 349 g/mol. The summed E-state index contributed by atoms with van der Waals surface area (Å²) in [6, 6.07) is 6.57. The van der Waals surface area contributed by atoms with Crippen molar-refractivity contribution in [2.45, 2.75) is 38.0 Å². The summed E-state index contributed by atoms with van der Waals surface area (Å²) < 4.78 is 33.5. The van der Waals surface area contributed by atoms with Crippen molar-refractivity contribution in [3.8, 4) is 0 Å². The zero-order valence-electron chi connectivity index (χ0n) is 13.8. The summed E-state index contributed by atoms with van der Waals surface area (Å²) in [5, 5.41) is 4.28. The highest BCUT2D eigenvalue weighted by molar-refractivity contribution is 7.89. The van der Waals surface area contributed by atoms with Gasteiger partial charge in [-0.3, -0.25) is 4.68 Å². The Kier molecular flexibility index (Phi) is 4.18.